The number of carbonyl (C=O) groups is 1. The lowest BCUT2D eigenvalue weighted by Crippen LogP contribution is -2.14. The van der Waals surface area contributed by atoms with Crippen molar-refractivity contribution in [2.75, 3.05) is 17.3 Å². The Morgan fingerprint density at radius 2 is 2.20 bits per heavy atom. The van der Waals surface area contributed by atoms with E-state index in [0.717, 1.165) is 0 Å². The topological polar surface area (TPSA) is 68.0 Å². The molecule has 2 rings (SSSR count). The fourth-order valence-corrected chi connectivity index (χ4v) is 2.48. The summed E-state index contributed by atoms with van der Waals surface area (Å²) in [7, 11) is 0. The number of carbonyl (C=O) groups excluding carboxylic acids is 1. The molecule has 0 fully saturated rings. The van der Waals surface area contributed by atoms with Crippen LogP contribution in [-0.4, -0.2) is 28.1 Å². The van der Waals surface area contributed by atoms with Crippen LogP contribution in [0.4, 0.5) is 5.69 Å². The number of hydrogen-bond acceptors (Lipinski definition) is 6. The van der Waals surface area contributed by atoms with Gasteiger partial charge in [-0.1, -0.05) is 35.5 Å². The van der Waals surface area contributed by atoms with E-state index in [0.29, 0.717) is 27.6 Å². The second-order valence-electron chi connectivity index (χ2n) is 3.71. The zero-order valence-corrected chi connectivity index (χ0v) is 13.0. The second-order valence-corrected chi connectivity index (χ2v) is 5.91. The van der Waals surface area contributed by atoms with E-state index in [1.54, 1.807) is 36.0 Å². The van der Waals surface area contributed by atoms with Gasteiger partial charge in [0.2, 0.25) is 11.8 Å². The maximum Gasteiger partial charge on any atom is 0.277 e. The predicted molar refractivity (Wildman–Crippen MR) is 82.3 cm³/mol. The second kappa shape index (κ2) is 7.56. The van der Waals surface area contributed by atoms with Crippen LogP contribution in [0.3, 0.4) is 0 Å². The number of thioether (sulfide) groups is 2. The molecule has 0 saturated carbocycles. The van der Waals surface area contributed by atoms with Gasteiger partial charge in [-0.25, -0.2) is 0 Å². The standard InChI is InChI=1S/C12H12ClN3O2S2/c1-19-7-11-15-16-12(18-11)20-6-10(17)14-9-5-3-2-4-8(9)13/h2-5H,6-7H2,1H3,(H,14,17). The fraction of sp³-hybridized carbons (Fsp3) is 0.250. The molecule has 0 aliphatic rings. The minimum absolute atomic E-state index is 0.173. The quantitative estimate of drug-likeness (QED) is 0.820. The zero-order chi connectivity index (χ0) is 14.4. The highest BCUT2D eigenvalue weighted by molar-refractivity contribution is 7.99. The Hall–Kier alpha value is -1.18. The molecule has 0 saturated heterocycles. The molecule has 1 aromatic heterocycles. The van der Waals surface area contributed by atoms with E-state index >= 15 is 0 Å². The molecule has 1 heterocycles. The predicted octanol–water partition coefficient (Wildman–Crippen LogP) is 3.32. The third kappa shape index (κ3) is 4.43. The van der Waals surface area contributed by atoms with Crippen LogP contribution in [-0.2, 0) is 10.5 Å². The first-order chi connectivity index (χ1) is 9.69. The number of benzene rings is 1. The molecule has 1 N–H and O–H groups in total. The molecule has 0 unspecified atom stereocenters. The Morgan fingerprint density at radius 3 is 2.95 bits per heavy atom. The average molecular weight is 330 g/mol. The fourth-order valence-electron chi connectivity index (χ4n) is 1.35. The molecule has 1 amide bonds. The van der Waals surface area contributed by atoms with Crippen LogP contribution in [0.1, 0.15) is 5.89 Å². The van der Waals surface area contributed by atoms with E-state index in [4.69, 9.17) is 16.0 Å². The lowest BCUT2D eigenvalue weighted by molar-refractivity contribution is -0.113. The van der Waals surface area contributed by atoms with Crippen molar-refractivity contribution in [1.82, 2.24) is 10.2 Å². The molecule has 0 aliphatic heterocycles. The lowest BCUT2D eigenvalue weighted by Gasteiger charge is -2.05. The summed E-state index contributed by atoms with van der Waals surface area (Å²) < 4.78 is 5.36. The van der Waals surface area contributed by atoms with E-state index in [2.05, 4.69) is 15.5 Å². The van der Waals surface area contributed by atoms with Crippen LogP contribution in [0.2, 0.25) is 5.02 Å². The minimum Gasteiger partial charge on any atom is -0.415 e. The number of hydrogen-bond donors (Lipinski definition) is 1. The molecule has 2 aromatic rings. The van der Waals surface area contributed by atoms with Crippen LogP contribution in [0.5, 0.6) is 0 Å². The van der Waals surface area contributed by atoms with Crippen molar-refractivity contribution >= 4 is 46.7 Å². The van der Waals surface area contributed by atoms with E-state index in [9.17, 15) is 4.79 Å². The maximum atomic E-state index is 11.8. The Balaban J connectivity index is 1.84. The summed E-state index contributed by atoms with van der Waals surface area (Å²) in [6.07, 6.45) is 1.95. The molecule has 0 bridgehead atoms. The summed E-state index contributed by atoms with van der Waals surface area (Å²) in [5.41, 5.74) is 0.591. The van der Waals surface area contributed by atoms with Crippen molar-refractivity contribution in [2.45, 2.75) is 11.0 Å². The van der Waals surface area contributed by atoms with Crippen molar-refractivity contribution < 1.29 is 9.21 Å². The van der Waals surface area contributed by atoms with Gasteiger partial charge in [0.1, 0.15) is 0 Å². The Labute approximate surface area is 129 Å². The highest BCUT2D eigenvalue weighted by Crippen LogP contribution is 2.22. The van der Waals surface area contributed by atoms with Gasteiger partial charge in [0.15, 0.2) is 0 Å². The molecule has 0 radical (unpaired) electrons. The SMILES string of the molecule is CSCc1nnc(SCC(=O)Nc2ccccc2Cl)o1. The van der Waals surface area contributed by atoms with Gasteiger partial charge in [-0.05, 0) is 18.4 Å². The summed E-state index contributed by atoms with van der Waals surface area (Å²) in [4.78, 5) is 11.8. The Bertz CT molecular complexity index is 592. The summed E-state index contributed by atoms with van der Waals surface area (Å²) in [5, 5.41) is 11.4. The molecule has 0 aliphatic carbocycles. The number of nitrogens with one attached hydrogen (secondary N) is 1. The molecular weight excluding hydrogens is 318 g/mol. The number of aromatic nitrogens is 2. The first kappa shape index (κ1) is 15.2. The maximum absolute atomic E-state index is 11.8. The Morgan fingerprint density at radius 1 is 1.40 bits per heavy atom. The number of rotatable bonds is 6. The Kier molecular flexibility index (Phi) is 5.75. The summed E-state index contributed by atoms with van der Waals surface area (Å²) in [5.74, 6) is 1.24. The molecule has 8 heteroatoms. The van der Waals surface area contributed by atoms with E-state index < -0.39 is 0 Å². The zero-order valence-electron chi connectivity index (χ0n) is 10.6. The molecular formula is C12H12ClN3O2S2. The third-order valence-electron chi connectivity index (χ3n) is 2.19. The van der Waals surface area contributed by atoms with Crippen molar-refractivity contribution in [2.24, 2.45) is 0 Å². The first-order valence-corrected chi connectivity index (χ1v) is 8.43. The number of amides is 1. The molecule has 20 heavy (non-hydrogen) atoms. The smallest absolute Gasteiger partial charge is 0.277 e. The average Bonchev–Trinajstić information content (AvgIpc) is 2.87. The molecule has 1 aromatic carbocycles. The number of para-hydroxylation sites is 1. The van der Waals surface area contributed by atoms with Gasteiger partial charge in [-0.15, -0.1) is 10.2 Å². The number of halogens is 1. The van der Waals surface area contributed by atoms with Crippen LogP contribution in [0.15, 0.2) is 33.9 Å². The normalized spacial score (nSPS) is 10.5. The van der Waals surface area contributed by atoms with Crippen LogP contribution >= 0.6 is 35.1 Å². The summed E-state index contributed by atoms with van der Waals surface area (Å²) in [6.45, 7) is 0. The van der Waals surface area contributed by atoms with E-state index in [1.807, 2.05) is 6.26 Å². The van der Waals surface area contributed by atoms with Gasteiger partial charge in [0.25, 0.3) is 5.22 Å². The van der Waals surface area contributed by atoms with E-state index in [-0.39, 0.29) is 11.7 Å². The van der Waals surface area contributed by atoms with E-state index in [1.165, 1.54) is 11.8 Å². The van der Waals surface area contributed by atoms with Crippen molar-refractivity contribution in [3.8, 4) is 0 Å². The largest absolute Gasteiger partial charge is 0.415 e. The molecule has 0 spiro atoms. The first-order valence-electron chi connectivity index (χ1n) is 5.67. The van der Waals surface area contributed by atoms with Gasteiger partial charge in [-0.3, -0.25) is 4.79 Å². The van der Waals surface area contributed by atoms with Gasteiger partial charge in [-0.2, -0.15) is 11.8 Å². The third-order valence-corrected chi connectivity index (χ3v) is 3.87. The molecule has 0 atom stereocenters. The van der Waals surface area contributed by atoms with Gasteiger partial charge in [0, 0.05) is 0 Å². The summed E-state index contributed by atoms with van der Waals surface area (Å²) >= 11 is 8.75. The van der Waals surface area contributed by atoms with Crippen LogP contribution < -0.4 is 5.32 Å². The summed E-state index contributed by atoms with van der Waals surface area (Å²) in [6, 6.07) is 7.07. The molecule has 5 nitrogen and oxygen atoms in total. The van der Waals surface area contributed by atoms with Crippen molar-refractivity contribution in [1.29, 1.82) is 0 Å². The number of nitrogens with zero attached hydrogens (tertiary/aromatic N) is 2. The van der Waals surface area contributed by atoms with Crippen LogP contribution in [0, 0.1) is 0 Å². The highest BCUT2D eigenvalue weighted by atomic mass is 35.5. The lowest BCUT2D eigenvalue weighted by atomic mass is 10.3. The monoisotopic (exact) mass is 329 g/mol. The molecule has 106 valence electrons. The highest BCUT2D eigenvalue weighted by Gasteiger charge is 2.10. The van der Waals surface area contributed by atoms with Gasteiger partial charge in [0.05, 0.1) is 22.2 Å². The van der Waals surface area contributed by atoms with Crippen molar-refractivity contribution in [3.05, 3.63) is 35.2 Å². The minimum atomic E-state index is -0.173. The number of anilines is 1. The van der Waals surface area contributed by atoms with Crippen LogP contribution in [0.25, 0.3) is 0 Å². The van der Waals surface area contributed by atoms with Crippen molar-refractivity contribution in [3.63, 3.8) is 0 Å². The van der Waals surface area contributed by atoms with Gasteiger partial charge >= 0.3 is 0 Å². The van der Waals surface area contributed by atoms with Gasteiger partial charge < -0.3 is 9.73 Å².